The third kappa shape index (κ3) is 6.36. The van der Waals surface area contributed by atoms with Gasteiger partial charge >= 0.3 is 0 Å². The van der Waals surface area contributed by atoms with E-state index in [4.69, 9.17) is 14.2 Å². The molecule has 0 aliphatic rings. The van der Waals surface area contributed by atoms with E-state index < -0.39 is 0 Å². The third-order valence-corrected chi connectivity index (χ3v) is 4.96. The molecule has 8 nitrogen and oxygen atoms in total. The molecular weight excluding hydrogens is 398 g/mol. The normalized spacial score (nSPS) is 10.5. The summed E-state index contributed by atoms with van der Waals surface area (Å²) in [6, 6.07) is 9.84. The molecule has 0 heterocycles. The molecule has 0 spiro atoms. The Morgan fingerprint density at radius 2 is 1.52 bits per heavy atom. The van der Waals surface area contributed by atoms with Crippen molar-refractivity contribution < 1.29 is 23.8 Å². The second-order valence-corrected chi connectivity index (χ2v) is 6.72. The maximum absolute atomic E-state index is 12.6. The molecule has 2 amide bonds. The molecule has 0 bridgehead atoms. The maximum Gasteiger partial charge on any atom is 0.255 e. The fourth-order valence-corrected chi connectivity index (χ4v) is 3.10. The molecule has 0 saturated carbocycles. The number of rotatable bonds is 11. The zero-order valence-corrected chi connectivity index (χ0v) is 18.8. The lowest BCUT2D eigenvalue weighted by Gasteiger charge is -2.18. The van der Waals surface area contributed by atoms with Crippen LogP contribution >= 0.6 is 0 Å². The SMILES string of the molecule is CCN(CC)CCNC(=O)c1ccc(NC(=O)c2ccc(OC)c(OC)c2)cc1OC. The first kappa shape index (κ1) is 24.0. The van der Waals surface area contributed by atoms with Gasteiger partial charge in [0.25, 0.3) is 11.8 Å². The minimum atomic E-state index is -0.320. The Kier molecular flexibility index (Phi) is 9.14. The van der Waals surface area contributed by atoms with Crippen LogP contribution in [0.4, 0.5) is 5.69 Å². The van der Waals surface area contributed by atoms with Gasteiger partial charge in [-0.3, -0.25) is 9.59 Å². The first-order valence-electron chi connectivity index (χ1n) is 10.2. The highest BCUT2D eigenvalue weighted by Crippen LogP contribution is 2.28. The minimum Gasteiger partial charge on any atom is -0.496 e. The molecule has 31 heavy (non-hydrogen) atoms. The van der Waals surface area contributed by atoms with Crippen LogP contribution in [0.25, 0.3) is 0 Å². The number of nitrogens with one attached hydrogen (secondary N) is 2. The van der Waals surface area contributed by atoms with Crippen LogP contribution in [0.15, 0.2) is 36.4 Å². The van der Waals surface area contributed by atoms with Gasteiger partial charge in [0.1, 0.15) is 5.75 Å². The molecule has 0 atom stereocenters. The molecule has 0 radical (unpaired) electrons. The van der Waals surface area contributed by atoms with Gasteiger partial charge in [0.2, 0.25) is 0 Å². The van der Waals surface area contributed by atoms with Crippen molar-refractivity contribution in [1.82, 2.24) is 10.2 Å². The highest BCUT2D eigenvalue weighted by Gasteiger charge is 2.15. The van der Waals surface area contributed by atoms with Crippen LogP contribution in [0.1, 0.15) is 34.6 Å². The largest absolute Gasteiger partial charge is 0.496 e. The third-order valence-electron chi connectivity index (χ3n) is 4.96. The highest BCUT2D eigenvalue weighted by atomic mass is 16.5. The standard InChI is InChI=1S/C23H31N3O5/c1-6-26(7-2)13-12-24-23(28)18-10-9-17(15-20(18)30-4)25-22(27)16-8-11-19(29-3)21(14-16)31-5/h8-11,14-15H,6-7,12-13H2,1-5H3,(H,24,28)(H,25,27). The monoisotopic (exact) mass is 429 g/mol. The van der Waals surface area contributed by atoms with Crippen LogP contribution in [-0.4, -0.2) is 64.2 Å². The Balaban J connectivity index is 2.08. The van der Waals surface area contributed by atoms with E-state index in [0.29, 0.717) is 40.6 Å². The van der Waals surface area contributed by atoms with Crippen molar-refractivity contribution in [3.63, 3.8) is 0 Å². The summed E-state index contributed by atoms with van der Waals surface area (Å²) in [7, 11) is 4.53. The van der Waals surface area contributed by atoms with Crippen LogP contribution < -0.4 is 24.8 Å². The molecule has 0 unspecified atom stereocenters. The second kappa shape index (κ2) is 11.8. The van der Waals surface area contributed by atoms with Gasteiger partial charge in [0, 0.05) is 30.4 Å². The Hall–Kier alpha value is -3.26. The van der Waals surface area contributed by atoms with E-state index in [-0.39, 0.29) is 11.8 Å². The average molecular weight is 430 g/mol. The highest BCUT2D eigenvalue weighted by molar-refractivity contribution is 6.05. The molecule has 0 saturated heterocycles. The lowest BCUT2D eigenvalue weighted by Crippen LogP contribution is -2.34. The summed E-state index contributed by atoms with van der Waals surface area (Å²) < 4.78 is 15.8. The molecule has 0 fully saturated rings. The quantitative estimate of drug-likeness (QED) is 0.571. The topological polar surface area (TPSA) is 89.1 Å². The zero-order valence-electron chi connectivity index (χ0n) is 18.8. The van der Waals surface area contributed by atoms with Gasteiger partial charge in [0.05, 0.1) is 26.9 Å². The van der Waals surface area contributed by atoms with Crippen molar-refractivity contribution in [3.05, 3.63) is 47.5 Å². The van der Waals surface area contributed by atoms with Crippen molar-refractivity contribution in [2.24, 2.45) is 0 Å². The van der Waals surface area contributed by atoms with Gasteiger partial charge in [0.15, 0.2) is 11.5 Å². The molecule has 168 valence electrons. The summed E-state index contributed by atoms with van der Waals surface area (Å²) in [6.07, 6.45) is 0. The van der Waals surface area contributed by atoms with Gasteiger partial charge in [-0.2, -0.15) is 0 Å². The molecule has 0 aliphatic heterocycles. The van der Waals surface area contributed by atoms with Gasteiger partial charge < -0.3 is 29.7 Å². The Labute approximate surface area is 183 Å². The van der Waals surface area contributed by atoms with E-state index in [0.717, 1.165) is 19.6 Å². The predicted octanol–water partition coefficient (Wildman–Crippen LogP) is 3.04. The summed E-state index contributed by atoms with van der Waals surface area (Å²) >= 11 is 0. The van der Waals surface area contributed by atoms with E-state index in [9.17, 15) is 9.59 Å². The van der Waals surface area contributed by atoms with Crippen molar-refractivity contribution in [2.75, 3.05) is 52.8 Å². The second-order valence-electron chi connectivity index (χ2n) is 6.72. The van der Waals surface area contributed by atoms with Crippen LogP contribution in [0, 0.1) is 0 Å². The van der Waals surface area contributed by atoms with Crippen molar-refractivity contribution >= 4 is 17.5 Å². The number of amides is 2. The summed E-state index contributed by atoms with van der Waals surface area (Å²) in [6.45, 7) is 7.36. The molecule has 2 aromatic carbocycles. The number of anilines is 1. The van der Waals surface area contributed by atoms with E-state index in [2.05, 4.69) is 29.4 Å². The number of methoxy groups -OCH3 is 3. The van der Waals surface area contributed by atoms with Crippen LogP contribution in [0.3, 0.4) is 0 Å². The van der Waals surface area contributed by atoms with E-state index >= 15 is 0 Å². The molecule has 8 heteroatoms. The first-order chi connectivity index (χ1) is 15.0. The number of nitrogens with zero attached hydrogens (tertiary/aromatic N) is 1. The molecule has 0 aromatic heterocycles. The van der Waals surface area contributed by atoms with Crippen molar-refractivity contribution in [3.8, 4) is 17.2 Å². The number of ether oxygens (including phenoxy) is 3. The molecule has 2 aromatic rings. The Bertz CT molecular complexity index is 897. The summed E-state index contributed by atoms with van der Waals surface area (Å²) in [5, 5.41) is 5.72. The van der Waals surface area contributed by atoms with Gasteiger partial charge in [-0.05, 0) is 43.4 Å². The minimum absolute atomic E-state index is 0.221. The fraction of sp³-hybridized carbons (Fsp3) is 0.391. The summed E-state index contributed by atoms with van der Waals surface area (Å²) in [5.74, 6) is 0.841. The number of hydrogen-bond acceptors (Lipinski definition) is 6. The van der Waals surface area contributed by atoms with E-state index in [1.807, 2.05) is 0 Å². The predicted molar refractivity (Wildman–Crippen MR) is 121 cm³/mol. The van der Waals surface area contributed by atoms with E-state index in [1.54, 1.807) is 36.4 Å². The molecule has 2 rings (SSSR count). The zero-order chi connectivity index (χ0) is 22.8. The molecule has 2 N–H and O–H groups in total. The van der Waals surface area contributed by atoms with Crippen molar-refractivity contribution in [1.29, 1.82) is 0 Å². The fourth-order valence-electron chi connectivity index (χ4n) is 3.10. The number of hydrogen-bond donors (Lipinski definition) is 2. The smallest absolute Gasteiger partial charge is 0.255 e. The number of benzene rings is 2. The van der Waals surface area contributed by atoms with Gasteiger partial charge in [-0.15, -0.1) is 0 Å². The number of carbonyl (C=O) groups is 2. The van der Waals surface area contributed by atoms with Gasteiger partial charge in [-0.1, -0.05) is 13.8 Å². The Morgan fingerprint density at radius 3 is 2.13 bits per heavy atom. The first-order valence-corrected chi connectivity index (χ1v) is 10.2. The van der Waals surface area contributed by atoms with E-state index in [1.165, 1.54) is 21.3 Å². The number of likely N-dealkylation sites (N-methyl/N-ethyl adjacent to an activating group) is 1. The Morgan fingerprint density at radius 1 is 0.839 bits per heavy atom. The average Bonchev–Trinajstić information content (AvgIpc) is 2.80. The summed E-state index contributed by atoms with van der Waals surface area (Å²) in [4.78, 5) is 27.4. The van der Waals surface area contributed by atoms with Crippen LogP contribution in [0.5, 0.6) is 17.2 Å². The lowest BCUT2D eigenvalue weighted by atomic mass is 10.1. The lowest BCUT2D eigenvalue weighted by molar-refractivity contribution is 0.0945. The maximum atomic E-state index is 12.6. The van der Waals surface area contributed by atoms with Crippen LogP contribution in [-0.2, 0) is 0 Å². The van der Waals surface area contributed by atoms with Gasteiger partial charge in [-0.25, -0.2) is 0 Å². The van der Waals surface area contributed by atoms with Crippen LogP contribution in [0.2, 0.25) is 0 Å². The molecule has 0 aliphatic carbocycles. The van der Waals surface area contributed by atoms with Crippen molar-refractivity contribution in [2.45, 2.75) is 13.8 Å². The number of carbonyl (C=O) groups excluding carboxylic acids is 2. The molecular formula is C23H31N3O5. The summed E-state index contributed by atoms with van der Waals surface area (Å²) in [5.41, 5.74) is 1.33.